The first-order chi connectivity index (χ1) is 8.82. The van der Waals surface area contributed by atoms with Crippen molar-refractivity contribution in [1.29, 1.82) is 0 Å². The molecular weight excluding hydrogens is 270 g/mol. The van der Waals surface area contributed by atoms with Gasteiger partial charge in [0.25, 0.3) is 11.6 Å². The molecule has 0 unspecified atom stereocenters. The third-order valence-corrected chi connectivity index (χ3v) is 2.45. The monoisotopic (exact) mass is 283 g/mol. The van der Waals surface area contributed by atoms with E-state index in [1.165, 1.54) is 23.1 Å². The molecule has 6 nitrogen and oxygen atoms in total. The Morgan fingerprint density at radius 2 is 2.16 bits per heavy atom. The summed E-state index contributed by atoms with van der Waals surface area (Å²) in [5.74, 6) is -0.234. The van der Waals surface area contributed by atoms with E-state index in [1.54, 1.807) is 14.1 Å². The van der Waals surface area contributed by atoms with Crippen LogP contribution in [0.1, 0.15) is 10.4 Å². The van der Waals surface area contributed by atoms with Crippen molar-refractivity contribution in [2.75, 3.05) is 26.0 Å². The predicted octanol–water partition coefficient (Wildman–Crippen LogP) is 2.46. The molecule has 1 amide bonds. The van der Waals surface area contributed by atoms with Crippen molar-refractivity contribution in [3.8, 4) is 0 Å². The highest BCUT2D eigenvalue weighted by atomic mass is 35.5. The molecule has 0 aliphatic carbocycles. The average molecular weight is 284 g/mol. The van der Waals surface area contributed by atoms with Crippen LogP contribution in [0.2, 0.25) is 0 Å². The highest BCUT2D eigenvalue weighted by Gasteiger charge is 2.17. The minimum atomic E-state index is -0.525. The third kappa shape index (κ3) is 3.96. The number of nitrogens with one attached hydrogen (secondary N) is 1. The van der Waals surface area contributed by atoms with Crippen LogP contribution in [0.3, 0.4) is 0 Å². The molecule has 0 bridgehead atoms. The number of amides is 1. The van der Waals surface area contributed by atoms with Crippen LogP contribution in [0, 0.1) is 10.1 Å². The first kappa shape index (κ1) is 15.0. The lowest BCUT2D eigenvalue weighted by Gasteiger charge is -2.12. The van der Waals surface area contributed by atoms with Gasteiger partial charge < -0.3 is 10.2 Å². The molecule has 0 aromatic heterocycles. The van der Waals surface area contributed by atoms with Gasteiger partial charge in [-0.15, -0.1) is 0 Å². The van der Waals surface area contributed by atoms with Crippen molar-refractivity contribution in [3.05, 3.63) is 45.5 Å². The molecule has 0 aliphatic heterocycles. The van der Waals surface area contributed by atoms with Crippen LogP contribution in [0.25, 0.3) is 0 Å². The number of carbonyl (C=O) groups is 1. The predicted molar refractivity (Wildman–Crippen MR) is 74.6 cm³/mol. The maximum absolute atomic E-state index is 11.8. The number of hydrogen-bond donors (Lipinski definition) is 1. The first-order valence-corrected chi connectivity index (χ1v) is 5.78. The SMILES string of the molecule is C=C(Cl)CNc1cc(C(=O)N(C)C)ccc1[N+](=O)[O-]. The Labute approximate surface area is 115 Å². The minimum Gasteiger partial charge on any atom is -0.375 e. The Morgan fingerprint density at radius 3 is 2.63 bits per heavy atom. The van der Waals surface area contributed by atoms with Gasteiger partial charge in [0.05, 0.1) is 11.5 Å². The number of carbonyl (C=O) groups excluding carboxylic acids is 1. The Hall–Kier alpha value is -2.08. The number of nitrogens with zero attached hydrogens (tertiary/aromatic N) is 2. The molecule has 1 rings (SSSR count). The molecule has 19 heavy (non-hydrogen) atoms. The van der Waals surface area contributed by atoms with Crippen LogP contribution in [0.4, 0.5) is 11.4 Å². The van der Waals surface area contributed by atoms with Crippen molar-refractivity contribution in [2.45, 2.75) is 0 Å². The normalized spacial score (nSPS) is 9.84. The molecule has 0 saturated heterocycles. The molecular formula is C12H14ClN3O3. The lowest BCUT2D eigenvalue weighted by molar-refractivity contribution is -0.384. The highest BCUT2D eigenvalue weighted by molar-refractivity contribution is 6.29. The molecule has 0 saturated carbocycles. The van der Waals surface area contributed by atoms with Gasteiger partial charge in [-0.2, -0.15) is 0 Å². The van der Waals surface area contributed by atoms with Gasteiger partial charge in [0, 0.05) is 30.8 Å². The number of rotatable bonds is 5. The number of halogens is 1. The van der Waals surface area contributed by atoms with E-state index in [-0.39, 0.29) is 23.8 Å². The number of anilines is 1. The van der Waals surface area contributed by atoms with E-state index in [1.807, 2.05) is 0 Å². The summed E-state index contributed by atoms with van der Waals surface area (Å²) in [5, 5.41) is 14.0. The summed E-state index contributed by atoms with van der Waals surface area (Å²) >= 11 is 5.61. The van der Waals surface area contributed by atoms with Gasteiger partial charge >= 0.3 is 0 Å². The summed E-state index contributed by atoms with van der Waals surface area (Å²) in [4.78, 5) is 23.6. The fraction of sp³-hybridized carbons (Fsp3) is 0.250. The van der Waals surface area contributed by atoms with Crippen LogP contribution < -0.4 is 5.32 Å². The van der Waals surface area contributed by atoms with E-state index >= 15 is 0 Å². The second kappa shape index (κ2) is 6.19. The Morgan fingerprint density at radius 1 is 1.53 bits per heavy atom. The summed E-state index contributed by atoms with van der Waals surface area (Å²) in [6.07, 6.45) is 0. The van der Waals surface area contributed by atoms with Crippen molar-refractivity contribution in [1.82, 2.24) is 4.90 Å². The third-order valence-electron chi connectivity index (χ3n) is 2.32. The second-order valence-electron chi connectivity index (χ2n) is 4.06. The smallest absolute Gasteiger partial charge is 0.292 e. The highest BCUT2D eigenvalue weighted by Crippen LogP contribution is 2.26. The molecule has 7 heteroatoms. The van der Waals surface area contributed by atoms with Gasteiger partial charge in [0.2, 0.25) is 0 Å². The quantitative estimate of drug-likeness (QED) is 0.665. The fourth-order valence-corrected chi connectivity index (χ4v) is 1.49. The number of hydrogen-bond acceptors (Lipinski definition) is 4. The fourth-order valence-electron chi connectivity index (χ4n) is 1.42. The molecule has 0 radical (unpaired) electrons. The number of nitro groups is 1. The summed E-state index contributed by atoms with van der Waals surface area (Å²) in [6, 6.07) is 4.14. The zero-order valence-corrected chi connectivity index (χ0v) is 11.4. The van der Waals surface area contributed by atoms with Crippen molar-refractivity contribution < 1.29 is 9.72 Å². The molecule has 1 aromatic carbocycles. The molecule has 0 aliphatic rings. The maximum atomic E-state index is 11.8. The van der Waals surface area contributed by atoms with Gasteiger partial charge in [0.15, 0.2) is 0 Å². The van der Waals surface area contributed by atoms with E-state index in [9.17, 15) is 14.9 Å². The van der Waals surface area contributed by atoms with Gasteiger partial charge in [-0.05, 0) is 12.1 Å². The van der Waals surface area contributed by atoms with Crippen molar-refractivity contribution in [3.63, 3.8) is 0 Å². The topological polar surface area (TPSA) is 75.5 Å². The summed E-state index contributed by atoms with van der Waals surface area (Å²) < 4.78 is 0. The standard InChI is InChI=1S/C12H14ClN3O3/c1-8(13)7-14-10-6-9(12(17)15(2)3)4-5-11(10)16(18)19/h4-6,14H,1,7H2,2-3H3. The summed E-state index contributed by atoms with van der Waals surface area (Å²) in [5.41, 5.74) is 0.478. The van der Waals surface area contributed by atoms with Crippen molar-refractivity contribution in [2.24, 2.45) is 0 Å². The van der Waals surface area contributed by atoms with E-state index in [4.69, 9.17) is 11.6 Å². The van der Waals surface area contributed by atoms with Gasteiger partial charge in [-0.25, -0.2) is 0 Å². The van der Waals surface area contributed by atoms with Crippen LogP contribution >= 0.6 is 11.6 Å². The minimum absolute atomic E-state index is 0.117. The van der Waals surface area contributed by atoms with Gasteiger partial charge in [-0.1, -0.05) is 18.2 Å². The summed E-state index contributed by atoms with van der Waals surface area (Å²) in [7, 11) is 3.22. The molecule has 0 spiro atoms. The number of nitro benzene ring substituents is 1. The average Bonchev–Trinajstić information content (AvgIpc) is 2.34. The Bertz CT molecular complexity index is 529. The maximum Gasteiger partial charge on any atom is 0.292 e. The molecule has 1 aromatic rings. The Balaban J connectivity index is 3.14. The molecule has 102 valence electrons. The first-order valence-electron chi connectivity index (χ1n) is 5.40. The van der Waals surface area contributed by atoms with Crippen LogP contribution in [0.15, 0.2) is 29.8 Å². The van der Waals surface area contributed by atoms with E-state index < -0.39 is 4.92 Å². The Kier molecular flexibility index (Phi) is 4.88. The van der Waals surface area contributed by atoms with E-state index in [2.05, 4.69) is 11.9 Å². The molecule has 0 fully saturated rings. The lowest BCUT2D eigenvalue weighted by atomic mass is 10.1. The largest absolute Gasteiger partial charge is 0.375 e. The van der Waals surface area contributed by atoms with Crippen LogP contribution in [0.5, 0.6) is 0 Å². The molecule has 1 N–H and O–H groups in total. The zero-order valence-electron chi connectivity index (χ0n) is 10.6. The van der Waals surface area contributed by atoms with Crippen molar-refractivity contribution >= 4 is 28.9 Å². The summed E-state index contributed by atoms with van der Waals surface area (Å²) in [6.45, 7) is 3.67. The number of benzene rings is 1. The van der Waals surface area contributed by atoms with E-state index in [0.717, 1.165) is 0 Å². The van der Waals surface area contributed by atoms with Crippen LogP contribution in [-0.4, -0.2) is 36.4 Å². The molecule has 0 atom stereocenters. The lowest BCUT2D eigenvalue weighted by Crippen LogP contribution is -2.21. The molecule has 0 heterocycles. The second-order valence-corrected chi connectivity index (χ2v) is 4.59. The van der Waals surface area contributed by atoms with Crippen LogP contribution in [-0.2, 0) is 0 Å². The zero-order chi connectivity index (χ0) is 14.6. The van der Waals surface area contributed by atoms with Gasteiger partial charge in [0.1, 0.15) is 5.69 Å². The van der Waals surface area contributed by atoms with Gasteiger partial charge in [-0.3, -0.25) is 14.9 Å². The van der Waals surface area contributed by atoms with E-state index in [0.29, 0.717) is 10.6 Å².